The van der Waals surface area contributed by atoms with E-state index in [1.165, 1.54) is 18.2 Å². The van der Waals surface area contributed by atoms with Gasteiger partial charge < -0.3 is 10.6 Å². The van der Waals surface area contributed by atoms with Gasteiger partial charge in [0.15, 0.2) is 0 Å². The van der Waals surface area contributed by atoms with Crippen molar-refractivity contribution >= 4 is 29.1 Å². The molecule has 2 N–H and O–H groups in total. The number of carbonyl (C=O) groups is 2. The predicted octanol–water partition coefficient (Wildman–Crippen LogP) is 3.17. The van der Waals surface area contributed by atoms with Crippen LogP contribution in [0.1, 0.15) is 24.1 Å². The summed E-state index contributed by atoms with van der Waals surface area (Å²) in [6, 6.07) is 11.3. The summed E-state index contributed by atoms with van der Waals surface area (Å²) in [6.45, 7) is 1.63. The van der Waals surface area contributed by atoms with Crippen LogP contribution in [0.25, 0.3) is 0 Å². The van der Waals surface area contributed by atoms with Crippen molar-refractivity contribution in [2.75, 3.05) is 5.32 Å². The number of amides is 2. The van der Waals surface area contributed by atoms with Crippen LogP contribution in [0, 0.1) is 17.1 Å². The van der Waals surface area contributed by atoms with Crippen molar-refractivity contribution < 1.29 is 14.0 Å². The number of carbonyl (C=O) groups excluding carboxylic acids is 2. The first-order valence-corrected chi connectivity index (χ1v) is 7.35. The van der Waals surface area contributed by atoms with Gasteiger partial charge in [0.2, 0.25) is 0 Å². The molecule has 7 heteroatoms. The van der Waals surface area contributed by atoms with Crippen LogP contribution in [0.2, 0.25) is 5.02 Å². The van der Waals surface area contributed by atoms with Gasteiger partial charge in [-0.2, -0.15) is 5.26 Å². The molecule has 0 aliphatic carbocycles. The number of benzene rings is 2. The molecule has 0 bridgehead atoms. The summed E-state index contributed by atoms with van der Waals surface area (Å²) in [5, 5.41) is 13.9. The van der Waals surface area contributed by atoms with E-state index < -0.39 is 23.7 Å². The van der Waals surface area contributed by atoms with Crippen molar-refractivity contribution in [3.63, 3.8) is 0 Å². The highest BCUT2D eigenvalue weighted by Crippen LogP contribution is 2.23. The highest BCUT2D eigenvalue weighted by molar-refractivity contribution is 6.39. The highest BCUT2D eigenvalue weighted by Gasteiger charge is 2.19. The van der Waals surface area contributed by atoms with Gasteiger partial charge >= 0.3 is 11.8 Å². The Hall–Kier alpha value is -2.91. The number of halogens is 2. The molecule has 0 aromatic heterocycles. The molecular formula is C17H13ClFN3O2. The van der Waals surface area contributed by atoms with E-state index >= 15 is 0 Å². The third-order valence-corrected chi connectivity index (χ3v) is 3.56. The van der Waals surface area contributed by atoms with E-state index in [0.29, 0.717) is 16.8 Å². The molecule has 2 rings (SSSR count). The van der Waals surface area contributed by atoms with Crippen molar-refractivity contribution in [2.45, 2.75) is 13.0 Å². The molecule has 0 saturated heterocycles. The minimum atomic E-state index is -0.879. The van der Waals surface area contributed by atoms with Gasteiger partial charge in [0.1, 0.15) is 5.82 Å². The molecule has 2 amide bonds. The standard InChI is InChI=1S/C17H13ClFN3O2/c1-10(14-6-5-12(19)8-15(14)18)21-16(23)17(24)22-13-4-2-3-11(7-13)9-20/h2-8,10H,1H3,(H,21,23)(H,22,24)/t10-/m0/s1. The molecule has 0 unspecified atom stereocenters. The molecule has 0 heterocycles. The normalized spacial score (nSPS) is 11.2. The lowest BCUT2D eigenvalue weighted by molar-refractivity contribution is -0.136. The van der Waals surface area contributed by atoms with Gasteiger partial charge in [-0.05, 0) is 42.8 Å². The quantitative estimate of drug-likeness (QED) is 0.838. The van der Waals surface area contributed by atoms with Crippen LogP contribution >= 0.6 is 11.6 Å². The van der Waals surface area contributed by atoms with Gasteiger partial charge in [-0.1, -0.05) is 23.7 Å². The molecule has 0 radical (unpaired) electrons. The fraction of sp³-hybridized carbons (Fsp3) is 0.118. The third kappa shape index (κ3) is 4.31. The van der Waals surface area contributed by atoms with Crippen LogP contribution in [0.3, 0.4) is 0 Å². The summed E-state index contributed by atoms with van der Waals surface area (Å²) in [5.74, 6) is -2.24. The monoisotopic (exact) mass is 345 g/mol. The van der Waals surface area contributed by atoms with Gasteiger partial charge in [-0.15, -0.1) is 0 Å². The van der Waals surface area contributed by atoms with E-state index in [1.54, 1.807) is 25.1 Å². The number of nitrogens with zero attached hydrogens (tertiary/aromatic N) is 1. The third-order valence-electron chi connectivity index (χ3n) is 3.23. The second-order valence-corrected chi connectivity index (χ2v) is 5.41. The first-order valence-electron chi connectivity index (χ1n) is 6.97. The van der Waals surface area contributed by atoms with Crippen LogP contribution < -0.4 is 10.6 Å². The van der Waals surface area contributed by atoms with E-state index in [0.717, 1.165) is 6.07 Å². The summed E-state index contributed by atoms with van der Waals surface area (Å²) in [4.78, 5) is 23.9. The summed E-state index contributed by atoms with van der Waals surface area (Å²) < 4.78 is 13.0. The van der Waals surface area contributed by atoms with E-state index in [4.69, 9.17) is 16.9 Å². The van der Waals surface area contributed by atoms with Crippen LogP contribution in [-0.2, 0) is 9.59 Å². The molecule has 0 aliphatic heterocycles. The Bertz CT molecular complexity index is 833. The first kappa shape index (κ1) is 17.4. The van der Waals surface area contributed by atoms with Crippen LogP contribution in [0.4, 0.5) is 10.1 Å². The molecule has 1 atom stereocenters. The zero-order chi connectivity index (χ0) is 17.7. The van der Waals surface area contributed by atoms with Crippen molar-refractivity contribution in [2.24, 2.45) is 0 Å². The highest BCUT2D eigenvalue weighted by atomic mass is 35.5. The van der Waals surface area contributed by atoms with Crippen LogP contribution in [0.15, 0.2) is 42.5 Å². The Balaban J connectivity index is 2.03. The van der Waals surface area contributed by atoms with E-state index in [1.807, 2.05) is 6.07 Å². The molecule has 0 spiro atoms. The van der Waals surface area contributed by atoms with Crippen LogP contribution in [0.5, 0.6) is 0 Å². The average Bonchev–Trinajstić information content (AvgIpc) is 2.54. The zero-order valence-corrected chi connectivity index (χ0v) is 13.4. The number of hydrogen-bond donors (Lipinski definition) is 2. The Kier molecular flexibility index (Phi) is 5.51. The second-order valence-electron chi connectivity index (χ2n) is 5.01. The van der Waals surface area contributed by atoms with E-state index in [9.17, 15) is 14.0 Å². The van der Waals surface area contributed by atoms with Gasteiger partial charge in [0.05, 0.1) is 17.7 Å². The fourth-order valence-electron chi connectivity index (χ4n) is 2.05. The Morgan fingerprint density at radius 3 is 2.62 bits per heavy atom. The van der Waals surface area contributed by atoms with Crippen molar-refractivity contribution in [1.82, 2.24) is 5.32 Å². The smallest absolute Gasteiger partial charge is 0.313 e. The Morgan fingerprint density at radius 2 is 1.96 bits per heavy atom. The van der Waals surface area contributed by atoms with Gasteiger partial charge in [-0.3, -0.25) is 9.59 Å². The van der Waals surface area contributed by atoms with Crippen LogP contribution in [-0.4, -0.2) is 11.8 Å². The number of hydrogen-bond acceptors (Lipinski definition) is 3. The molecule has 5 nitrogen and oxygen atoms in total. The lowest BCUT2D eigenvalue weighted by atomic mass is 10.1. The molecule has 24 heavy (non-hydrogen) atoms. The van der Waals surface area contributed by atoms with Crippen molar-refractivity contribution in [3.05, 3.63) is 64.4 Å². The average molecular weight is 346 g/mol. The molecule has 2 aromatic rings. The molecule has 0 saturated carbocycles. The number of nitriles is 1. The Morgan fingerprint density at radius 1 is 1.21 bits per heavy atom. The van der Waals surface area contributed by atoms with Gasteiger partial charge in [0.25, 0.3) is 0 Å². The summed E-state index contributed by atoms with van der Waals surface area (Å²) in [7, 11) is 0. The number of nitrogens with one attached hydrogen (secondary N) is 2. The lowest BCUT2D eigenvalue weighted by Crippen LogP contribution is -2.37. The second kappa shape index (κ2) is 7.57. The number of rotatable bonds is 3. The maximum absolute atomic E-state index is 13.0. The molecular weight excluding hydrogens is 333 g/mol. The lowest BCUT2D eigenvalue weighted by Gasteiger charge is -2.15. The number of anilines is 1. The van der Waals surface area contributed by atoms with E-state index in [2.05, 4.69) is 10.6 Å². The van der Waals surface area contributed by atoms with Gasteiger partial charge in [-0.25, -0.2) is 4.39 Å². The fourth-order valence-corrected chi connectivity index (χ4v) is 2.38. The maximum atomic E-state index is 13.0. The maximum Gasteiger partial charge on any atom is 0.313 e. The summed E-state index contributed by atoms with van der Waals surface area (Å²) >= 11 is 5.93. The van der Waals surface area contributed by atoms with Crippen molar-refractivity contribution in [1.29, 1.82) is 5.26 Å². The minimum absolute atomic E-state index is 0.157. The Labute approximate surface area is 143 Å². The molecule has 0 fully saturated rings. The summed E-state index contributed by atoms with van der Waals surface area (Å²) in [5.41, 5.74) is 1.19. The van der Waals surface area contributed by atoms with E-state index in [-0.39, 0.29) is 5.02 Å². The SMILES string of the molecule is C[C@H](NC(=O)C(=O)Nc1cccc(C#N)c1)c1ccc(F)cc1Cl. The van der Waals surface area contributed by atoms with Gasteiger partial charge in [0, 0.05) is 10.7 Å². The first-order chi connectivity index (χ1) is 11.4. The zero-order valence-electron chi connectivity index (χ0n) is 12.6. The predicted molar refractivity (Wildman–Crippen MR) is 87.8 cm³/mol. The van der Waals surface area contributed by atoms with Crippen molar-refractivity contribution in [3.8, 4) is 6.07 Å². The minimum Gasteiger partial charge on any atom is -0.341 e. The molecule has 122 valence electrons. The largest absolute Gasteiger partial charge is 0.341 e. The topological polar surface area (TPSA) is 82.0 Å². The summed E-state index contributed by atoms with van der Waals surface area (Å²) in [6.07, 6.45) is 0. The molecule has 0 aliphatic rings. The molecule has 2 aromatic carbocycles.